The van der Waals surface area contributed by atoms with Gasteiger partial charge < -0.3 is 9.30 Å². The molecule has 2 atom stereocenters. The summed E-state index contributed by atoms with van der Waals surface area (Å²) in [5, 5.41) is 0. The summed E-state index contributed by atoms with van der Waals surface area (Å²) in [5.74, 6) is -5.93. The van der Waals surface area contributed by atoms with Gasteiger partial charge in [0, 0.05) is 33.1 Å². The molecule has 1 aliphatic heterocycles. The van der Waals surface area contributed by atoms with Crippen LogP contribution < -0.4 is 0 Å². The third kappa shape index (κ3) is 1.84. The van der Waals surface area contributed by atoms with Crippen molar-refractivity contribution >= 4 is 5.97 Å². The number of ether oxygens (including phenoxy) is 1. The Morgan fingerprint density at radius 3 is 3.44 bits per heavy atom. The molecule has 4 nitrogen and oxygen atoms in total. The average Bonchev–Trinajstić information content (AvgIpc) is 2.68. The molecule has 1 aromatic rings. The zero-order valence-corrected chi connectivity index (χ0v) is 9.00. The third-order valence-electron chi connectivity index (χ3n) is 2.50. The summed E-state index contributed by atoms with van der Waals surface area (Å²) in [5.41, 5.74) is -0.348. The van der Waals surface area contributed by atoms with Crippen molar-refractivity contribution in [3.05, 3.63) is 17.7 Å². The Labute approximate surface area is 108 Å². The van der Waals surface area contributed by atoms with Crippen LogP contribution in [0.4, 0.5) is 0 Å². The summed E-state index contributed by atoms with van der Waals surface area (Å²) in [7, 11) is 1.41. The van der Waals surface area contributed by atoms with Crippen LogP contribution in [-0.2, 0) is 23.0 Å². The number of carbonyl (C=O) groups excluding carboxylic acids is 1. The third-order valence-corrected chi connectivity index (χ3v) is 2.50. The van der Waals surface area contributed by atoms with E-state index in [1.807, 2.05) is 0 Å². The van der Waals surface area contributed by atoms with Gasteiger partial charge >= 0.3 is 5.97 Å². The van der Waals surface area contributed by atoms with E-state index in [4.69, 9.17) is 12.3 Å². The number of aryl methyl sites for hydroxylation is 1. The van der Waals surface area contributed by atoms with Crippen LogP contribution in [0.25, 0.3) is 0 Å². The van der Waals surface area contributed by atoms with Crippen molar-refractivity contribution in [2.24, 2.45) is 18.9 Å². The van der Waals surface area contributed by atoms with Crippen molar-refractivity contribution in [2.75, 3.05) is 6.56 Å². The van der Waals surface area contributed by atoms with Crippen LogP contribution in [-0.4, -0.2) is 22.1 Å². The lowest BCUT2D eigenvalue weighted by Crippen LogP contribution is -2.18. The van der Waals surface area contributed by atoms with E-state index in [1.54, 1.807) is 0 Å². The number of hydrogen-bond acceptors (Lipinski definition) is 3. The minimum Gasteiger partial charge on any atom is -0.465 e. The Kier molecular flexibility index (Phi) is 1.21. The highest BCUT2D eigenvalue weighted by Crippen LogP contribution is 2.28. The van der Waals surface area contributed by atoms with Crippen molar-refractivity contribution in [1.29, 1.82) is 0 Å². The van der Waals surface area contributed by atoms with Gasteiger partial charge in [-0.25, -0.2) is 4.98 Å². The molecule has 2 heterocycles. The number of rotatable bonds is 3. The Morgan fingerprint density at radius 2 is 2.81 bits per heavy atom. The van der Waals surface area contributed by atoms with E-state index < -0.39 is 50.2 Å². The Morgan fingerprint density at radius 1 is 2.00 bits per heavy atom. The largest absolute Gasteiger partial charge is 0.465 e. The van der Waals surface area contributed by atoms with Gasteiger partial charge in [0.05, 0.1) is 16.6 Å². The summed E-state index contributed by atoms with van der Waals surface area (Å²) in [4.78, 5) is 15.9. The molecule has 1 fully saturated rings. The van der Waals surface area contributed by atoms with Crippen LogP contribution in [0.15, 0.2) is 6.17 Å². The molecule has 0 radical (unpaired) electrons. The molecule has 16 heavy (non-hydrogen) atoms. The molecule has 1 saturated heterocycles. The lowest BCUT2D eigenvalue weighted by molar-refractivity contribution is -0.141. The smallest absolute Gasteiger partial charge is 0.309 e. The van der Waals surface area contributed by atoms with E-state index >= 15 is 0 Å². The number of carbonyl (C=O) groups is 1. The van der Waals surface area contributed by atoms with Gasteiger partial charge in [-0.3, -0.25) is 4.79 Å². The maximum absolute atomic E-state index is 12.1. The highest BCUT2D eigenvalue weighted by Gasteiger charge is 2.35. The molecule has 1 aliphatic rings. The first-order valence-electron chi connectivity index (χ1n) is 9.28. The minimum absolute atomic E-state index is 0.279. The van der Waals surface area contributed by atoms with E-state index in [0.717, 1.165) is 0 Å². The maximum Gasteiger partial charge on any atom is 0.309 e. The average molecular weight is 231 g/mol. The number of cyclic esters (lactones) is 1. The van der Waals surface area contributed by atoms with Gasteiger partial charge in [0.1, 0.15) is 5.82 Å². The molecule has 0 aliphatic carbocycles. The summed E-state index contributed by atoms with van der Waals surface area (Å²) in [6, 6.07) is 0. The first-order chi connectivity index (χ1) is 11.0. The lowest BCUT2D eigenvalue weighted by Gasteiger charge is -2.13. The van der Waals surface area contributed by atoms with E-state index in [0.29, 0.717) is 0 Å². The van der Waals surface area contributed by atoms with Crippen LogP contribution in [0, 0.1) is 18.7 Å². The van der Waals surface area contributed by atoms with E-state index in [2.05, 4.69) is 9.72 Å². The first-order valence-corrected chi connectivity index (χ1v) is 4.78. The Bertz CT molecular complexity index is 712. The molecule has 4 heteroatoms. The normalized spacial score (nSPS) is 42.5. The summed E-state index contributed by atoms with van der Waals surface area (Å²) in [6.45, 7) is -4.18. The standard InChI is InChI=1S/C12H18N2O2/c1-4-11-9(7-16-12(11)15)5-10-6-13-8(2)14(10)3/h6,9,11H,4-5,7H2,1-3H3/t9-,11-/m0/s1/i1D3,5D2,6D,7D2,11D. The quantitative estimate of drug-likeness (QED) is 0.740. The van der Waals surface area contributed by atoms with Crippen LogP contribution in [0.2, 0.25) is 0 Å². The van der Waals surface area contributed by atoms with Crippen molar-refractivity contribution in [1.82, 2.24) is 9.55 Å². The molecular formula is C12H18N2O2. The van der Waals surface area contributed by atoms with Gasteiger partial charge in [0.15, 0.2) is 0 Å². The maximum atomic E-state index is 12.1. The topological polar surface area (TPSA) is 44.1 Å². The Hall–Kier alpha value is -1.32. The predicted octanol–water partition coefficient (Wildman–Crippen LogP) is 1.47. The fourth-order valence-electron chi connectivity index (χ4n) is 1.37. The fraction of sp³-hybridized carbons (Fsp3) is 0.667. The van der Waals surface area contributed by atoms with Crippen molar-refractivity contribution in [3.63, 3.8) is 0 Å². The van der Waals surface area contributed by atoms with Gasteiger partial charge in [-0.05, 0) is 19.7 Å². The first kappa shape index (κ1) is 4.51. The molecule has 0 N–H and O–H groups in total. The van der Waals surface area contributed by atoms with E-state index in [1.165, 1.54) is 18.5 Å². The molecule has 0 amide bonds. The molecule has 0 bridgehead atoms. The van der Waals surface area contributed by atoms with Crippen LogP contribution >= 0.6 is 0 Å². The van der Waals surface area contributed by atoms with Gasteiger partial charge in [-0.2, -0.15) is 0 Å². The zero-order valence-electron chi connectivity index (χ0n) is 18.0. The number of hydrogen-bond donors (Lipinski definition) is 0. The van der Waals surface area contributed by atoms with E-state index in [-0.39, 0.29) is 11.5 Å². The molecular weight excluding hydrogens is 204 g/mol. The molecule has 0 saturated carbocycles. The minimum atomic E-state index is -2.92. The second kappa shape index (κ2) is 4.28. The number of esters is 1. The highest BCUT2D eigenvalue weighted by atomic mass is 16.5. The molecule has 88 valence electrons. The second-order valence-electron chi connectivity index (χ2n) is 3.47. The summed E-state index contributed by atoms with van der Waals surface area (Å²) < 4.78 is 76.4. The lowest BCUT2D eigenvalue weighted by atomic mass is 9.89. The highest BCUT2D eigenvalue weighted by molar-refractivity contribution is 5.74. The van der Waals surface area contributed by atoms with E-state index in [9.17, 15) is 4.79 Å². The van der Waals surface area contributed by atoms with Gasteiger partial charge in [-0.1, -0.05) is 6.85 Å². The second-order valence-corrected chi connectivity index (χ2v) is 3.47. The number of aromatic nitrogens is 2. The summed E-state index contributed by atoms with van der Waals surface area (Å²) in [6.07, 6.45) is -4.31. The summed E-state index contributed by atoms with van der Waals surface area (Å²) >= 11 is 0. The number of imidazole rings is 1. The van der Waals surface area contributed by atoms with Crippen molar-refractivity contribution < 1.29 is 21.9 Å². The van der Waals surface area contributed by atoms with Gasteiger partial charge in [0.25, 0.3) is 0 Å². The van der Waals surface area contributed by atoms with Gasteiger partial charge in [0.2, 0.25) is 0 Å². The molecule has 0 unspecified atom stereocenters. The van der Waals surface area contributed by atoms with Crippen molar-refractivity contribution in [2.45, 2.75) is 26.6 Å². The SMILES string of the molecule is [2H]c1nc(C)n(C)c1C([2H])([2H])[C@H]1C([2H])([2H])OC(=O)[C@@]1([2H])CC([2H])([2H])[2H]. The molecule has 1 aromatic heterocycles. The van der Waals surface area contributed by atoms with Gasteiger partial charge in [-0.15, -0.1) is 0 Å². The number of nitrogens with zero attached hydrogens (tertiary/aromatic N) is 2. The fourth-order valence-corrected chi connectivity index (χ4v) is 1.37. The molecule has 2 rings (SSSR count). The Balaban J connectivity index is 2.68. The molecule has 0 spiro atoms. The molecule has 0 aromatic carbocycles. The van der Waals surface area contributed by atoms with Crippen molar-refractivity contribution in [3.8, 4) is 0 Å². The zero-order chi connectivity index (χ0) is 19.6. The van der Waals surface area contributed by atoms with Crippen LogP contribution in [0.3, 0.4) is 0 Å². The predicted molar refractivity (Wildman–Crippen MR) is 59.9 cm³/mol. The monoisotopic (exact) mass is 231 g/mol. The van der Waals surface area contributed by atoms with Crippen LogP contribution in [0.5, 0.6) is 0 Å². The van der Waals surface area contributed by atoms with Crippen LogP contribution in [0.1, 0.15) is 37.1 Å².